The molecule has 0 amide bonds. The van der Waals surface area contributed by atoms with Crippen LogP contribution in [0.3, 0.4) is 0 Å². The third kappa shape index (κ3) is 3.97. The molecule has 0 spiro atoms. The van der Waals surface area contributed by atoms with Crippen LogP contribution in [0.25, 0.3) is 0 Å². The molecule has 0 unspecified atom stereocenters. The van der Waals surface area contributed by atoms with Gasteiger partial charge >= 0.3 is 0 Å². The number of rotatable bonds is 5. The maximum absolute atomic E-state index is 12.3. The van der Waals surface area contributed by atoms with E-state index in [-0.39, 0.29) is 17.0 Å². The highest BCUT2D eigenvalue weighted by molar-refractivity contribution is 6.23. The van der Waals surface area contributed by atoms with Crippen molar-refractivity contribution < 1.29 is 14.7 Å². The van der Waals surface area contributed by atoms with Crippen LogP contribution in [0.15, 0.2) is 46.8 Å². The van der Waals surface area contributed by atoms with Crippen LogP contribution in [0.4, 0.5) is 0 Å². The monoisotopic (exact) mass is 301 g/mol. The predicted molar refractivity (Wildman–Crippen MR) is 86.6 cm³/mol. The molecule has 1 aromatic rings. The van der Waals surface area contributed by atoms with E-state index < -0.39 is 0 Å². The summed E-state index contributed by atoms with van der Waals surface area (Å²) >= 11 is 0. The highest BCUT2D eigenvalue weighted by Crippen LogP contribution is 2.36. The molecule has 0 atom stereocenters. The first kappa shape index (κ1) is 16.3. The standard InChI is InChI=1S/C18H23NO3/c1-4-14(19-22-12-13-8-6-5-7-9-13)17-15(20)10-18(2,3)11-16(17)21/h5-9,20H,4,10-12H2,1-3H3. The van der Waals surface area contributed by atoms with Crippen molar-refractivity contribution in [3.8, 4) is 0 Å². The van der Waals surface area contributed by atoms with Crippen LogP contribution in [0, 0.1) is 5.41 Å². The van der Waals surface area contributed by atoms with Crippen molar-refractivity contribution >= 4 is 11.5 Å². The molecule has 1 N–H and O–H groups in total. The smallest absolute Gasteiger partial charge is 0.168 e. The minimum atomic E-state index is -0.200. The summed E-state index contributed by atoms with van der Waals surface area (Å²) in [7, 11) is 0. The van der Waals surface area contributed by atoms with E-state index in [0.29, 0.717) is 37.2 Å². The third-order valence-corrected chi connectivity index (χ3v) is 3.72. The zero-order valence-corrected chi connectivity index (χ0v) is 13.4. The summed E-state index contributed by atoms with van der Waals surface area (Å²) in [6, 6.07) is 9.71. The molecule has 4 nitrogen and oxygen atoms in total. The van der Waals surface area contributed by atoms with E-state index in [1.54, 1.807) is 0 Å². The van der Waals surface area contributed by atoms with Gasteiger partial charge in [-0.2, -0.15) is 0 Å². The molecule has 1 aliphatic carbocycles. The molecule has 0 saturated carbocycles. The molecule has 0 radical (unpaired) electrons. The zero-order valence-electron chi connectivity index (χ0n) is 13.4. The molecule has 1 aliphatic rings. The highest BCUT2D eigenvalue weighted by atomic mass is 16.6. The molecule has 0 bridgehead atoms. The van der Waals surface area contributed by atoms with Crippen LogP contribution in [0.2, 0.25) is 0 Å². The van der Waals surface area contributed by atoms with Crippen molar-refractivity contribution in [1.29, 1.82) is 0 Å². The van der Waals surface area contributed by atoms with E-state index in [9.17, 15) is 9.90 Å². The summed E-state index contributed by atoms with van der Waals surface area (Å²) in [5.41, 5.74) is 1.67. The highest BCUT2D eigenvalue weighted by Gasteiger charge is 2.34. The number of carbonyl (C=O) groups is 1. The van der Waals surface area contributed by atoms with Gasteiger partial charge in [-0.25, -0.2) is 0 Å². The van der Waals surface area contributed by atoms with Gasteiger partial charge in [-0.05, 0) is 17.4 Å². The van der Waals surface area contributed by atoms with E-state index in [1.807, 2.05) is 51.1 Å². The summed E-state index contributed by atoms with van der Waals surface area (Å²) < 4.78 is 0. The van der Waals surface area contributed by atoms with Gasteiger partial charge in [0, 0.05) is 12.8 Å². The van der Waals surface area contributed by atoms with Crippen molar-refractivity contribution in [2.24, 2.45) is 10.6 Å². The molecular formula is C18H23NO3. The van der Waals surface area contributed by atoms with Gasteiger partial charge in [0.25, 0.3) is 0 Å². The molecule has 2 rings (SSSR count). The molecule has 0 aliphatic heterocycles. The van der Waals surface area contributed by atoms with Gasteiger partial charge in [-0.3, -0.25) is 4.79 Å². The van der Waals surface area contributed by atoms with Crippen LogP contribution in [0.5, 0.6) is 0 Å². The topological polar surface area (TPSA) is 58.9 Å². The summed E-state index contributed by atoms with van der Waals surface area (Å²) in [6.45, 7) is 6.20. The van der Waals surface area contributed by atoms with Crippen molar-refractivity contribution in [2.75, 3.05) is 0 Å². The number of hydrogen-bond donors (Lipinski definition) is 1. The summed E-state index contributed by atoms with van der Waals surface area (Å²) in [5.74, 6) is 0.0721. The Labute approximate surface area is 131 Å². The van der Waals surface area contributed by atoms with Gasteiger partial charge in [0.15, 0.2) is 5.78 Å². The summed E-state index contributed by atoms with van der Waals surface area (Å²) in [5, 5.41) is 14.3. The van der Waals surface area contributed by atoms with E-state index in [1.165, 1.54) is 0 Å². The number of aliphatic hydroxyl groups is 1. The fourth-order valence-corrected chi connectivity index (χ4v) is 2.66. The Hall–Kier alpha value is -2.10. The van der Waals surface area contributed by atoms with Crippen LogP contribution >= 0.6 is 0 Å². The largest absolute Gasteiger partial charge is 0.511 e. The molecule has 0 saturated heterocycles. The fourth-order valence-electron chi connectivity index (χ4n) is 2.66. The van der Waals surface area contributed by atoms with Gasteiger partial charge in [-0.15, -0.1) is 0 Å². The second-order valence-corrected chi connectivity index (χ2v) is 6.41. The first-order valence-electron chi connectivity index (χ1n) is 7.61. The number of allylic oxidation sites excluding steroid dienone is 2. The zero-order chi connectivity index (χ0) is 16.2. The van der Waals surface area contributed by atoms with Gasteiger partial charge in [-0.1, -0.05) is 56.3 Å². The lowest BCUT2D eigenvalue weighted by Crippen LogP contribution is -2.29. The number of hydrogen-bond acceptors (Lipinski definition) is 4. The number of nitrogens with zero attached hydrogens (tertiary/aromatic N) is 1. The Morgan fingerprint density at radius 3 is 2.55 bits per heavy atom. The number of oxime groups is 1. The maximum Gasteiger partial charge on any atom is 0.168 e. The molecule has 1 aromatic carbocycles. The average Bonchev–Trinajstić information content (AvgIpc) is 2.44. The Morgan fingerprint density at radius 1 is 1.27 bits per heavy atom. The van der Waals surface area contributed by atoms with Gasteiger partial charge in [0.1, 0.15) is 12.4 Å². The van der Waals surface area contributed by atoms with Crippen LogP contribution in [-0.2, 0) is 16.2 Å². The molecule has 118 valence electrons. The average molecular weight is 301 g/mol. The minimum absolute atomic E-state index is 0.0577. The van der Waals surface area contributed by atoms with E-state index >= 15 is 0 Å². The van der Waals surface area contributed by atoms with Crippen LogP contribution in [0.1, 0.15) is 45.6 Å². The Balaban J connectivity index is 2.13. The number of Topliss-reactive ketones (excluding diaryl/α,β-unsaturated/α-hetero) is 1. The number of carbonyl (C=O) groups excluding carboxylic acids is 1. The van der Waals surface area contributed by atoms with Crippen molar-refractivity contribution in [2.45, 2.75) is 46.6 Å². The molecule has 0 heterocycles. The lowest BCUT2D eigenvalue weighted by Gasteiger charge is -2.29. The fraction of sp³-hybridized carbons (Fsp3) is 0.444. The molecule has 4 heteroatoms. The normalized spacial score (nSPS) is 18.5. The van der Waals surface area contributed by atoms with Crippen LogP contribution in [-0.4, -0.2) is 16.6 Å². The van der Waals surface area contributed by atoms with Gasteiger partial charge < -0.3 is 9.94 Å². The predicted octanol–water partition coefficient (Wildman–Crippen LogP) is 4.17. The Kier molecular flexibility index (Phi) is 5.01. The van der Waals surface area contributed by atoms with E-state index in [4.69, 9.17) is 4.84 Å². The molecule has 0 fully saturated rings. The molecular weight excluding hydrogens is 278 g/mol. The van der Waals surface area contributed by atoms with E-state index in [0.717, 1.165) is 5.56 Å². The van der Waals surface area contributed by atoms with Crippen molar-refractivity contribution in [3.63, 3.8) is 0 Å². The number of ketones is 1. The lowest BCUT2D eigenvalue weighted by atomic mass is 9.75. The summed E-state index contributed by atoms with van der Waals surface area (Å²) in [4.78, 5) is 17.7. The van der Waals surface area contributed by atoms with E-state index in [2.05, 4.69) is 5.16 Å². The maximum atomic E-state index is 12.3. The first-order valence-corrected chi connectivity index (χ1v) is 7.61. The van der Waals surface area contributed by atoms with Crippen LogP contribution < -0.4 is 0 Å². The minimum Gasteiger partial charge on any atom is -0.511 e. The Bertz CT molecular complexity index is 600. The van der Waals surface area contributed by atoms with Gasteiger partial charge in [0.05, 0.1) is 11.3 Å². The number of aliphatic hydroxyl groups excluding tert-OH is 1. The van der Waals surface area contributed by atoms with Gasteiger partial charge in [0.2, 0.25) is 0 Å². The molecule has 0 aromatic heterocycles. The first-order chi connectivity index (χ1) is 10.4. The number of benzene rings is 1. The second-order valence-electron chi connectivity index (χ2n) is 6.41. The third-order valence-electron chi connectivity index (χ3n) is 3.72. The Morgan fingerprint density at radius 2 is 1.95 bits per heavy atom. The van der Waals surface area contributed by atoms with Crippen molar-refractivity contribution in [3.05, 3.63) is 47.2 Å². The quantitative estimate of drug-likeness (QED) is 0.656. The van der Waals surface area contributed by atoms with Crippen molar-refractivity contribution in [1.82, 2.24) is 0 Å². The molecule has 22 heavy (non-hydrogen) atoms. The lowest BCUT2D eigenvalue weighted by molar-refractivity contribution is -0.118. The second kappa shape index (κ2) is 6.77. The summed E-state index contributed by atoms with van der Waals surface area (Å²) in [6.07, 6.45) is 1.45. The SMILES string of the molecule is CCC(=NOCc1ccccc1)C1=C(O)CC(C)(C)CC1=O.